The third-order valence-electron chi connectivity index (χ3n) is 4.00. The summed E-state index contributed by atoms with van der Waals surface area (Å²) in [5.74, 6) is 6.85. The molecule has 0 amide bonds. The normalized spacial score (nSPS) is 11.0. The van der Waals surface area contributed by atoms with Gasteiger partial charge in [-0.25, -0.2) is 0 Å². The zero-order valence-electron chi connectivity index (χ0n) is 13.9. The Balaban J connectivity index is 2.30. The molecule has 0 unspecified atom stereocenters. The van der Waals surface area contributed by atoms with Crippen LogP contribution >= 0.6 is 0 Å². The van der Waals surface area contributed by atoms with Gasteiger partial charge in [0.15, 0.2) is 0 Å². The number of nitrogens with one attached hydrogen (secondary N) is 1. The zero-order chi connectivity index (χ0) is 15.4. The molecule has 2 heteroatoms. The molecule has 0 aliphatic carbocycles. The molecule has 2 nitrogen and oxygen atoms in total. The standard InChI is InChI=1S/C19H26N2/c1-6-7-10-21-16(5)15(4)18-11-17(8-9-19(18)21)13-20-12-14(2)3/h8-9,11,14,20H,10,12-13H2,1-5H3. The van der Waals surface area contributed by atoms with Crippen LogP contribution in [0.5, 0.6) is 0 Å². The van der Waals surface area contributed by atoms with E-state index in [1.807, 2.05) is 6.92 Å². The molecule has 0 spiro atoms. The maximum absolute atomic E-state index is 3.51. The zero-order valence-corrected chi connectivity index (χ0v) is 13.9. The van der Waals surface area contributed by atoms with E-state index in [1.165, 1.54) is 27.7 Å². The Morgan fingerprint density at radius 1 is 1.24 bits per heavy atom. The first-order chi connectivity index (χ1) is 10.0. The molecular formula is C19H26N2. The van der Waals surface area contributed by atoms with Gasteiger partial charge in [-0.1, -0.05) is 25.8 Å². The fourth-order valence-electron chi connectivity index (χ4n) is 2.67. The molecule has 0 aliphatic heterocycles. The highest BCUT2D eigenvalue weighted by Gasteiger charge is 2.10. The van der Waals surface area contributed by atoms with Gasteiger partial charge < -0.3 is 9.88 Å². The molecule has 2 aromatic rings. The molecule has 2 rings (SSSR count). The minimum absolute atomic E-state index is 0.686. The van der Waals surface area contributed by atoms with Crippen molar-refractivity contribution < 1.29 is 0 Å². The second-order valence-corrected chi connectivity index (χ2v) is 6.10. The van der Waals surface area contributed by atoms with Crippen molar-refractivity contribution in [2.45, 2.75) is 47.7 Å². The Hall–Kier alpha value is -1.72. The van der Waals surface area contributed by atoms with Crippen molar-refractivity contribution in [1.29, 1.82) is 0 Å². The predicted octanol–water partition coefficient (Wildman–Crippen LogP) is 4.03. The molecule has 0 atom stereocenters. The van der Waals surface area contributed by atoms with E-state index in [0.29, 0.717) is 5.92 Å². The summed E-state index contributed by atoms with van der Waals surface area (Å²) in [6.07, 6.45) is 0. The van der Waals surface area contributed by atoms with Gasteiger partial charge in [0.05, 0.1) is 6.54 Å². The first-order valence-corrected chi connectivity index (χ1v) is 7.73. The van der Waals surface area contributed by atoms with Crippen molar-refractivity contribution >= 4 is 10.9 Å². The van der Waals surface area contributed by atoms with Gasteiger partial charge in [-0.15, -0.1) is 5.92 Å². The molecule has 1 N–H and O–H groups in total. The fourth-order valence-corrected chi connectivity index (χ4v) is 2.67. The second-order valence-electron chi connectivity index (χ2n) is 6.10. The molecule has 0 fully saturated rings. The Morgan fingerprint density at radius 2 is 2.00 bits per heavy atom. The Bertz CT molecular complexity index is 681. The van der Waals surface area contributed by atoms with Crippen molar-refractivity contribution in [1.82, 2.24) is 9.88 Å². The first kappa shape index (κ1) is 15.7. The third kappa shape index (κ3) is 3.49. The summed E-state index contributed by atoms with van der Waals surface area (Å²) in [5.41, 5.74) is 5.33. The number of nitrogens with zero attached hydrogens (tertiary/aromatic N) is 1. The minimum atomic E-state index is 0.686. The Kier molecular flexibility index (Phi) is 5.09. The molecule has 112 valence electrons. The minimum Gasteiger partial charge on any atom is -0.333 e. The number of hydrogen-bond donors (Lipinski definition) is 1. The van der Waals surface area contributed by atoms with Crippen LogP contribution in [0.4, 0.5) is 0 Å². The lowest BCUT2D eigenvalue weighted by molar-refractivity contribution is 0.552. The van der Waals surface area contributed by atoms with Crippen LogP contribution in [0.1, 0.15) is 37.6 Å². The van der Waals surface area contributed by atoms with Crippen LogP contribution in [0, 0.1) is 31.6 Å². The lowest BCUT2D eigenvalue weighted by Crippen LogP contribution is -2.18. The highest BCUT2D eigenvalue weighted by molar-refractivity contribution is 5.86. The summed E-state index contributed by atoms with van der Waals surface area (Å²) in [6, 6.07) is 6.78. The summed E-state index contributed by atoms with van der Waals surface area (Å²) >= 11 is 0. The molecule has 21 heavy (non-hydrogen) atoms. The summed E-state index contributed by atoms with van der Waals surface area (Å²) in [5, 5.41) is 4.87. The van der Waals surface area contributed by atoms with Gasteiger partial charge in [-0.3, -0.25) is 0 Å². The van der Waals surface area contributed by atoms with Gasteiger partial charge >= 0.3 is 0 Å². The van der Waals surface area contributed by atoms with Crippen LogP contribution in [-0.4, -0.2) is 11.1 Å². The van der Waals surface area contributed by atoms with Crippen molar-refractivity contribution in [3.05, 3.63) is 35.0 Å². The van der Waals surface area contributed by atoms with Crippen molar-refractivity contribution in [2.24, 2.45) is 5.92 Å². The number of benzene rings is 1. The van der Waals surface area contributed by atoms with Gasteiger partial charge in [0.2, 0.25) is 0 Å². The van der Waals surface area contributed by atoms with Crippen LogP contribution in [0.25, 0.3) is 10.9 Å². The number of aromatic nitrogens is 1. The highest BCUT2D eigenvalue weighted by atomic mass is 15.0. The summed E-state index contributed by atoms with van der Waals surface area (Å²) in [4.78, 5) is 0. The van der Waals surface area contributed by atoms with E-state index in [-0.39, 0.29) is 0 Å². The lowest BCUT2D eigenvalue weighted by atomic mass is 10.1. The Morgan fingerprint density at radius 3 is 2.67 bits per heavy atom. The van der Waals surface area contributed by atoms with Crippen molar-refractivity contribution in [3.8, 4) is 11.8 Å². The van der Waals surface area contributed by atoms with E-state index in [0.717, 1.165) is 19.6 Å². The van der Waals surface area contributed by atoms with Crippen LogP contribution < -0.4 is 5.32 Å². The quantitative estimate of drug-likeness (QED) is 0.819. The van der Waals surface area contributed by atoms with Gasteiger partial charge in [-0.2, -0.15) is 0 Å². The number of fused-ring (bicyclic) bond motifs is 1. The highest BCUT2D eigenvalue weighted by Crippen LogP contribution is 2.26. The molecule has 1 aromatic carbocycles. The van der Waals surface area contributed by atoms with Crippen LogP contribution in [0.15, 0.2) is 18.2 Å². The predicted molar refractivity (Wildman–Crippen MR) is 91.4 cm³/mol. The van der Waals surface area contributed by atoms with Gasteiger partial charge in [0.1, 0.15) is 0 Å². The molecule has 0 saturated carbocycles. The van der Waals surface area contributed by atoms with E-state index >= 15 is 0 Å². The van der Waals surface area contributed by atoms with Crippen molar-refractivity contribution in [3.63, 3.8) is 0 Å². The van der Waals surface area contributed by atoms with Gasteiger partial charge in [-0.05, 0) is 56.5 Å². The molecule has 0 bridgehead atoms. The summed E-state index contributed by atoms with van der Waals surface area (Å²) in [7, 11) is 0. The number of aryl methyl sites for hydroxylation is 1. The second kappa shape index (κ2) is 6.83. The molecule has 0 aliphatic rings. The largest absolute Gasteiger partial charge is 0.333 e. The van der Waals surface area contributed by atoms with E-state index < -0.39 is 0 Å². The van der Waals surface area contributed by atoms with Crippen LogP contribution in [0.3, 0.4) is 0 Å². The molecule has 0 saturated heterocycles. The lowest BCUT2D eigenvalue weighted by Gasteiger charge is -2.08. The third-order valence-corrected chi connectivity index (χ3v) is 4.00. The first-order valence-electron chi connectivity index (χ1n) is 7.73. The van der Waals surface area contributed by atoms with Crippen molar-refractivity contribution in [2.75, 3.05) is 6.54 Å². The Labute approximate surface area is 128 Å². The number of hydrogen-bond acceptors (Lipinski definition) is 1. The van der Waals surface area contributed by atoms with E-state index in [1.54, 1.807) is 0 Å². The van der Waals surface area contributed by atoms with Crippen LogP contribution in [0.2, 0.25) is 0 Å². The summed E-state index contributed by atoms with van der Waals surface area (Å²) < 4.78 is 2.31. The topological polar surface area (TPSA) is 17.0 Å². The van der Waals surface area contributed by atoms with Gasteiger partial charge in [0, 0.05) is 23.1 Å². The SMILES string of the molecule is CC#CCn1c(C)c(C)c2cc(CNCC(C)C)ccc21. The van der Waals surface area contributed by atoms with E-state index in [4.69, 9.17) is 0 Å². The average Bonchev–Trinajstić information content (AvgIpc) is 2.69. The van der Waals surface area contributed by atoms with Gasteiger partial charge in [0.25, 0.3) is 0 Å². The number of rotatable bonds is 5. The monoisotopic (exact) mass is 282 g/mol. The van der Waals surface area contributed by atoms with E-state index in [9.17, 15) is 0 Å². The van der Waals surface area contributed by atoms with Crippen LogP contribution in [-0.2, 0) is 13.1 Å². The molecule has 0 radical (unpaired) electrons. The van der Waals surface area contributed by atoms with E-state index in [2.05, 4.69) is 67.6 Å². The fraction of sp³-hybridized carbons (Fsp3) is 0.474. The molecular weight excluding hydrogens is 256 g/mol. The smallest absolute Gasteiger partial charge is 0.0840 e. The average molecular weight is 282 g/mol. The maximum atomic E-state index is 3.51. The maximum Gasteiger partial charge on any atom is 0.0840 e. The molecule has 1 aromatic heterocycles. The summed E-state index contributed by atoms with van der Waals surface area (Å²) in [6.45, 7) is 13.5. The molecule has 1 heterocycles.